The molecule has 1 aromatic rings. The molecule has 0 aliphatic rings. The SMILES string of the molecule is CCO/C=C(\C(=O)OCC)C(=O)c1ccc(F)c(OC)c1F. The molecule has 0 spiro atoms. The van der Waals surface area contributed by atoms with Crippen LogP contribution in [0.4, 0.5) is 8.78 Å². The van der Waals surface area contributed by atoms with Gasteiger partial charge >= 0.3 is 5.97 Å². The third-order valence-electron chi connectivity index (χ3n) is 2.61. The molecule has 0 unspecified atom stereocenters. The normalized spacial score (nSPS) is 11.0. The Morgan fingerprint density at radius 3 is 2.41 bits per heavy atom. The molecule has 0 radical (unpaired) electrons. The molecule has 5 nitrogen and oxygen atoms in total. The van der Waals surface area contributed by atoms with Crippen molar-refractivity contribution in [2.24, 2.45) is 0 Å². The smallest absolute Gasteiger partial charge is 0.345 e. The minimum absolute atomic E-state index is 0.0325. The van der Waals surface area contributed by atoms with Crippen LogP contribution in [-0.2, 0) is 14.3 Å². The summed E-state index contributed by atoms with van der Waals surface area (Å²) < 4.78 is 41.7. The standard InChI is InChI=1S/C15H16F2O5/c1-4-21-8-10(15(19)22-5-2)13(18)9-6-7-11(16)14(20-3)12(9)17/h6-8H,4-5H2,1-3H3/b10-8-. The van der Waals surface area contributed by atoms with Gasteiger partial charge in [0.2, 0.25) is 5.78 Å². The number of ketones is 1. The Labute approximate surface area is 126 Å². The summed E-state index contributed by atoms with van der Waals surface area (Å²) in [6, 6.07) is 1.80. The fourth-order valence-corrected chi connectivity index (χ4v) is 1.61. The van der Waals surface area contributed by atoms with Gasteiger partial charge in [-0.25, -0.2) is 13.6 Å². The van der Waals surface area contributed by atoms with E-state index in [1.807, 2.05) is 0 Å². The van der Waals surface area contributed by atoms with Gasteiger partial charge in [-0.05, 0) is 26.0 Å². The molecule has 0 amide bonds. The first-order valence-electron chi connectivity index (χ1n) is 6.53. The predicted molar refractivity (Wildman–Crippen MR) is 73.6 cm³/mol. The van der Waals surface area contributed by atoms with E-state index in [2.05, 4.69) is 4.74 Å². The van der Waals surface area contributed by atoms with Crippen molar-refractivity contribution >= 4 is 11.8 Å². The van der Waals surface area contributed by atoms with E-state index in [1.54, 1.807) is 13.8 Å². The van der Waals surface area contributed by atoms with Crippen molar-refractivity contribution in [1.29, 1.82) is 0 Å². The Kier molecular flexibility index (Phi) is 6.49. The summed E-state index contributed by atoms with van der Waals surface area (Å²) in [6.45, 7) is 3.43. The zero-order chi connectivity index (χ0) is 16.7. The van der Waals surface area contributed by atoms with Crippen LogP contribution in [-0.4, -0.2) is 32.1 Å². The summed E-state index contributed by atoms with van der Waals surface area (Å²) >= 11 is 0. The number of hydrogen-bond acceptors (Lipinski definition) is 5. The first-order chi connectivity index (χ1) is 10.5. The number of Topliss-reactive ketones (excluding diaryl/α,β-unsaturated/α-hetero) is 1. The monoisotopic (exact) mass is 314 g/mol. The minimum Gasteiger partial charge on any atom is -0.500 e. The lowest BCUT2D eigenvalue weighted by Gasteiger charge is -2.10. The van der Waals surface area contributed by atoms with E-state index < -0.39 is 40.3 Å². The van der Waals surface area contributed by atoms with Gasteiger partial charge in [0.1, 0.15) is 11.8 Å². The van der Waals surface area contributed by atoms with E-state index >= 15 is 0 Å². The highest BCUT2D eigenvalue weighted by molar-refractivity contribution is 6.24. The number of carbonyl (C=O) groups excluding carboxylic acids is 2. The first-order valence-corrected chi connectivity index (χ1v) is 6.53. The third-order valence-corrected chi connectivity index (χ3v) is 2.61. The summed E-state index contributed by atoms with van der Waals surface area (Å²) in [5, 5.41) is 0. The van der Waals surface area contributed by atoms with Gasteiger partial charge in [0.25, 0.3) is 0 Å². The van der Waals surface area contributed by atoms with Crippen molar-refractivity contribution in [3.8, 4) is 5.75 Å². The maximum Gasteiger partial charge on any atom is 0.345 e. The molecule has 1 rings (SSSR count). The highest BCUT2D eigenvalue weighted by Crippen LogP contribution is 2.26. The maximum absolute atomic E-state index is 14.1. The number of carbonyl (C=O) groups is 2. The number of methoxy groups -OCH3 is 1. The van der Waals surface area contributed by atoms with Gasteiger partial charge in [-0.15, -0.1) is 0 Å². The predicted octanol–water partition coefficient (Wildman–Crippen LogP) is 2.64. The van der Waals surface area contributed by atoms with Gasteiger partial charge in [0.05, 0.1) is 25.9 Å². The molecule has 0 fully saturated rings. The summed E-state index contributed by atoms with van der Waals surface area (Å²) in [4.78, 5) is 24.1. The highest BCUT2D eigenvalue weighted by Gasteiger charge is 2.27. The largest absolute Gasteiger partial charge is 0.500 e. The van der Waals surface area contributed by atoms with Crippen LogP contribution in [0.25, 0.3) is 0 Å². The summed E-state index contributed by atoms with van der Waals surface area (Å²) in [5.74, 6) is -4.79. The number of hydrogen-bond donors (Lipinski definition) is 0. The van der Waals surface area contributed by atoms with Crippen molar-refractivity contribution in [3.63, 3.8) is 0 Å². The van der Waals surface area contributed by atoms with E-state index in [0.717, 1.165) is 25.5 Å². The van der Waals surface area contributed by atoms with Gasteiger partial charge in [0, 0.05) is 0 Å². The molecular formula is C15H16F2O5. The van der Waals surface area contributed by atoms with Crippen LogP contribution < -0.4 is 4.74 Å². The average Bonchev–Trinajstić information content (AvgIpc) is 2.48. The van der Waals surface area contributed by atoms with E-state index in [4.69, 9.17) is 9.47 Å². The van der Waals surface area contributed by atoms with Gasteiger partial charge < -0.3 is 14.2 Å². The summed E-state index contributed by atoms with van der Waals surface area (Å²) in [6.07, 6.45) is 0.898. The Morgan fingerprint density at radius 1 is 1.18 bits per heavy atom. The molecule has 0 bridgehead atoms. The fraction of sp³-hybridized carbons (Fsp3) is 0.333. The molecule has 7 heteroatoms. The molecule has 0 aromatic heterocycles. The Balaban J connectivity index is 3.28. The number of esters is 1. The van der Waals surface area contributed by atoms with Crippen molar-refractivity contribution in [2.45, 2.75) is 13.8 Å². The molecular weight excluding hydrogens is 298 g/mol. The van der Waals surface area contributed by atoms with Crippen LogP contribution in [0.15, 0.2) is 24.0 Å². The first kappa shape index (κ1) is 17.6. The fourth-order valence-electron chi connectivity index (χ4n) is 1.61. The molecule has 0 aliphatic heterocycles. The molecule has 120 valence electrons. The Bertz CT molecular complexity index is 596. The zero-order valence-corrected chi connectivity index (χ0v) is 12.4. The highest BCUT2D eigenvalue weighted by atomic mass is 19.1. The summed E-state index contributed by atoms with van der Waals surface area (Å²) in [7, 11) is 1.07. The summed E-state index contributed by atoms with van der Waals surface area (Å²) in [5.41, 5.74) is -1.01. The van der Waals surface area contributed by atoms with Crippen LogP contribution in [0.5, 0.6) is 5.75 Å². The van der Waals surface area contributed by atoms with E-state index in [-0.39, 0.29) is 13.2 Å². The molecule has 1 aromatic carbocycles. The van der Waals surface area contributed by atoms with Gasteiger partial charge in [0.15, 0.2) is 17.4 Å². The number of rotatable bonds is 7. The van der Waals surface area contributed by atoms with Crippen LogP contribution in [0, 0.1) is 11.6 Å². The lowest BCUT2D eigenvalue weighted by atomic mass is 10.0. The number of benzene rings is 1. The van der Waals surface area contributed by atoms with Gasteiger partial charge in [-0.3, -0.25) is 4.79 Å². The quantitative estimate of drug-likeness (QED) is 0.193. The van der Waals surface area contributed by atoms with Crippen molar-refractivity contribution < 1.29 is 32.6 Å². The van der Waals surface area contributed by atoms with E-state index in [1.165, 1.54) is 0 Å². The van der Waals surface area contributed by atoms with Gasteiger partial charge in [-0.1, -0.05) is 0 Å². The third kappa shape index (κ3) is 3.81. The molecule has 0 saturated carbocycles. The van der Waals surface area contributed by atoms with Crippen LogP contribution in [0.3, 0.4) is 0 Å². The topological polar surface area (TPSA) is 61.8 Å². The van der Waals surface area contributed by atoms with Gasteiger partial charge in [-0.2, -0.15) is 0 Å². The maximum atomic E-state index is 14.1. The average molecular weight is 314 g/mol. The van der Waals surface area contributed by atoms with Crippen LogP contribution >= 0.6 is 0 Å². The second kappa shape index (κ2) is 8.11. The minimum atomic E-state index is -1.20. The molecule has 0 saturated heterocycles. The second-order valence-corrected chi connectivity index (χ2v) is 3.98. The number of ether oxygens (including phenoxy) is 3. The number of halogens is 2. The molecule has 0 heterocycles. The molecule has 0 aliphatic carbocycles. The van der Waals surface area contributed by atoms with E-state index in [0.29, 0.717) is 0 Å². The zero-order valence-electron chi connectivity index (χ0n) is 12.4. The molecule has 0 N–H and O–H groups in total. The van der Waals surface area contributed by atoms with Crippen LogP contribution in [0.1, 0.15) is 24.2 Å². The van der Waals surface area contributed by atoms with Crippen molar-refractivity contribution in [3.05, 3.63) is 41.2 Å². The van der Waals surface area contributed by atoms with Crippen molar-refractivity contribution in [2.75, 3.05) is 20.3 Å². The Morgan fingerprint density at radius 2 is 1.86 bits per heavy atom. The van der Waals surface area contributed by atoms with Crippen LogP contribution in [0.2, 0.25) is 0 Å². The van der Waals surface area contributed by atoms with E-state index in [9.17, 15) is 18.4 Å². The Hall–Kier alpha value is -2.44. The lowest BCUT2D eigenvalue weighted by Crippen LogP contribution is -2.18. The molecule has 22 heavy (non-hydrogen) atoms. The van der Waals surface area contributed by atoms with Crippen molar-refractivity contribution in [1.82, 2.24) is 0 Å². The second-order valence-electron chi connectivity index (χ2n) is 3.98. The molecule has 0 atom stereocenters. The lowest BCUT2D eigenvalue weighted by molar-refractivity contribution is -0.138.